The summed E-state index contributed by atoms with van der Waals surface area (Å²) in [6, 6.07) is 5.09. The molecule has 3 rings (SSSR count). The Labute approximate surface area is 135 Å². The molecule has 2 aromatic heterocycles. The van der Waals surface area contributed by atoms with Gasteiger partial charge in [0.25, 0.3) is 5.56 Å². The molecule has 0 aromatic carbocycles. The van der Waals surface area contributed by atoms with Gasteiger partial charge >= 0.3 is 0 Å². The third-order valence-corrected chi connectivity index (χ3v) is 4.67. The van der Waals surface area contributed by atoms with Crippen molar-refractivity contribution < 1.29 is 4.79 Å². The Morgan fingerprint density at radius 2 is 2.13 bits per heavy atom. The number of rotatable bonds is 4. The number of fused-ring (bicyclic) bond motifs is 1. The van der Waals surface area contributed by atoms with E-state index >= 15 is 0 Å². The average molecular weight is 313 g/mol. The van der Waals surface area contributed by atoms with Gasteiger partial charge < -0.3 is 9.88 Å². The van der Waals surface area contributed by atoms with Crippen LogP contribution in [-0.4, -0.2) is 21.5 Å². The van der Waals surface area contributed by atoms with E-state index < -0.39 is 6.04 Å². The van der Waals surface area contributed by atoms with Crippen LogP contribution in [0.1, 0.15) is 51.5 Å². The van der Waals surface area contributed by atoms with Crippen molar-refractivity contribution >= 4 is 16.8 Å². The van der Waals surface area contributed by atoms with Crippen LogP contribution in [0.25, 0.3) is 10.9 Å². The molecule has 0 spiro atoms. The van der Waals surface area contributed by atoms with Crippen LogP contribution in [0.5, 0.6) is 0 Å². The molecule has 1 N–H and O–H groups in total. The first-order valence-electron chi connectivity index (χ1n) is 8.47. The molecule has 1 unspecified atom stereocenters. The summed E-state index contributed by atoms with van der Waals surface area (Å²) >= 11 is 0. The minimum Gasteiger partial charge on any atom is -0.352 e. The molecule has 122 valence electrons. The fourth-order valence-corrected chi connectivity index (χ4v) is 3.39. The number of carbonyl (C=O) groups excluding carboxylic acids is 1. The van der Waals surface area contributed by atoms with Crippen LogP contribution in [0, 0.1) is 0 Å². The maximum absolute atomic E-state index is 12.7. The normalized spacial score (nSPS) is 17.1. The number of amides is 1. The van der Waals surface area contributed by atoms with Gasteiger partial charge in [0.05, 0.1) is 10.9 Å². The van der Waals surface area contributed by atoms with E-state index in [1.165, 1.54) is 19.3 Å². The first-order valence-corrected chi connectivity index (χ1v) is 8.47. The second kappa shape index (κ2) is 6.94. The molecule has 1 aliphatic rings. The van der Waals surface area contributed by atoms with Crippen LogP contribution < -0.4 is 10.9 Å². The van der Waals surface area contributed by atoms with Crippen molar-refractivity contribution in [3.8, 4) is 0 Å². The monoisotopic (exact) mass is 313 g/mol. The second-order valence-corrected chi connectivity index (χ2v) is 6.23. The molecule has 2 heterocycles. The van der Waals surface area contributed by atoms with Gasteiger partial charge in [0.2, 0.25) is 5.91 Å². The fraction of sp³-hybridized carbons (Fsp3) is 0.500. The largest absolute Gasteiger partial charge is 0.352 e. The minimum absolute atomic E-state index is 0.0512. The van der Waals surface area contributed by atoms with E-state index in [0.29, 0.717) is 17.3 Å². The molecule has 0 aliphatic heterocycles. The summed E-state index contributed by atoms with van der Waals surface area (Å²) in [6.45, 7) is 1.94. The molecule has 0 bridgehead atoms. The van der Waals surface area contributed by atoms with E-state index in [1.54, 1.807) is 35.2 Å². The lowest BCUT2D eigenvalue weighted by molar-refractivity contribution is -0.125. The Bertz CT molecular complexity index is 747. The number of nitrogens with zero attached hydrogens (tertiary/aromatic N) is 2. The first kappa shape index (κ1) is 15.7. The second-order valence-electron chi connectivity index (χ2n) is 6.23. The molecule has 1 aliphatic carbocycles. The van der Waals surface area contributed by atoms with Crippen molar-refractivity contribution in [2.24, 2.45) is 0 Å². The van der Waals surface area contributed by atoms with Gasteiger partial charge in [0.15, 0.2) is 0 Å². The van der Waals surface area contributed by atoms with E-state index in [0.717, 1.165) is 12.8 Å². The van der Waals surface area contributed by atoms with Gasteiger partial charge in [-0.05, 0) is 37.5 Å². The van der Waals surface area contributed by atoms with Gasteiger partial charge in [-0.2, -0.15) is 0 Å². The summed E-state index contributed by atoms with van der Waals surface area (Å²) in [5, 5.41) is 3.68. The van der Waals surface area contributed by atoms with Gasteiger partial charge in [-0.3, -0.25) is 14.6 Å². The Hall–Kier alpha value is -2.17. The maximum Gasteiger partial charge on any atom is 0.260 e. The van der Waals surface area contributed by atoms with Crippen LogP contribution >= 0.6 is 0 Å². The van der Waals surface area contributed by atoms with Crippen LogP contribution in [0.2, 0.25) is 0 Å². The van der Waals surface area contributed by atoms with Gasteiger partial charge in [-0.1, -0.05) is 26.2 Å². The highest BCUT2D eigenvalue weighted by atomic mass is 16.2. The summed E-state index contributed by atoms with van der Waals surface area (Å²) in [6.07, 6.45) is 9.61. The van der Waals surface area contributed by atoms with E-state index in [-0.39, 0.29) is 17.5 Å². The standard InChI is InChI=1S/C18H23N3O2/c1-2-16(17(22)20-13-7-4-3-5-8-13)21-12-10-15-14(18(21)23)9-6-11-19-15/h6,9-13,16H,2-5,7-8H2,1H3,(H,20,22). The number of hydrogen-bond donors (Lipinski definition) is 1. The third-order valence-electron chi connectivity index (χ3n) is 4.67. The molecule has 2 aromatic rings. The SMILES string of the molecule is CCC(C(=O)NC1CCCCC1)n1ccc2ncccc2c1=O. The van der Waals surface area contributed by atoms with Gasteiger partial charge in [-0.15, -0.1) is 0 Å². The predicted octanol–water partition coefficient (Wildman–Crippen LogP) is 2.80. The topological polar surface area (TPSA) is 64.0 Å². The zero-order valence-electron chi connectivity index (χ0n) is 13.5. The van der Waals surface area contributed by atoms with Gasteiger partial charge in [0.1, 0.15) is 6.04 Å². The van der Waals surface area contributed by atoms with E-state index in [2.05, 4.69) is 10.3 Å². The Kier molecular flexibility index (Phi) is 4.74. The van der Waals surface area contributed by atoms with E-state index in [9.17, 15) is 9.59 Å². The molecule has 1 atom stereocenters. The molecule has 5 heteroatoms. The summed E-state index contributed by atoms with van der Waals surface area (Å²) in [7, 11) is 0. The van der Waals surface area contributed by atoms with Crippen LogP contribution in [0.15, 0.2) is 35.4 Å². The highest BCUT2D eigenvalue weighted by Gasteiger charge is 2.23. The van der Waals surface area contributed by atoms with E-state index in [1.807, 2.05) is 6.92 Å². The summed E-state index contributed by atoms with van der Waals surface area (Å²) in [4.78, 5) is 29.5. The molecule has 0 saturated heterocycles. The lowest BCUT2D eigenvalue weighted by Crippen LogP contribution is -2.42. The van der Waals surface area contributed by atoms with Crippen molar-refractivity contribution in [3.63, 3.8) is 0 Å². The third kappa shape index (κ3) is 3.28. The number of nitrogens with one attached hydrogen (secondary N) is 1. The van der Waals surface area contributed by atoms with Crippen molar-refractivity contribution in [3.05, 3.63) is 40.9 Å². The summed E-state index contributed by atoms with van der Waals surface area (Å²) in [5.41, 5.74) is 0.512. The predicted molar refractivity (Wildman–Crippen MR) is 90.3 cm³/mol. The number of carbonyl (C=O) groups is 1. The van der Waals surface area contributed by atoms with Crippen molar-refractivity contribution in [2.45, 2.75) is 57.5 Å². The van der Waals surface area contributed by atoms with Gasteiger partial charge in [0, 0.05) is 18.4 Å². The lowest BCUT2D eigenvalue weighted by atomic mass is 9.95. The van der Waals surface area contributed by atoms with Crippen LogP contribution in [-0.2, 0) is 4.79 Å². The molecular weight excluding hydrogens is 290 g/mol. The number of aromatic nitrogens is 2. The Balaban J connectivity index is 1.86. The summed E-state index contributed by atoms with van der Waals surface area (Å²) < 4.78 is 1.54. The first-order chi connectivity index (χ1) is 11.2. The lowest BCUT2D eigenvalue weighted by Gasteiger charge is -2.26. The van der Waals surface area contributed by atoms with Crippen molar-refractivity contribution in [1.29, 1.82) is 0 Å². The van der Waals surface area contributed by atoms with Crippen LogP contribution in [0.3, 0.4) is 0 Å². The molecule has 23 heavy (non-hydrogen) atoms. The zero-order chi connectivity index (χ0) is 16.2. The Morgan fingerprint density at radius 3 is 2.87 bits per heavy atom. The average Bonchev–Trinajstić information content (AvgIpc) is 2.58. The maximum atomic E-state index is 12.7. The highest BCUT2D eigenvalue weighted by molar-refractivity contribution is 5.82. The fourth-order valence-electron chi connectivity index (χ4n) is 3.39. The Morgan fingerprint density at radius 1 is 1.35 bits per heavy atom. The quantitative estimate of drug-likeness (QED) is 0.944. The van der Waals surface area contributed by atoms with Gasteiger partial charge in [-0.25, -0.2) is 0 Å². The molecular formula is C18H23N3O2. The summed E-state index contributed by atoms with van der Waals surface area (Å²) in [5.74, 6) is -0.0512. The van der Waals surface area contributed by atoms with Crippen molar-refractivity contribution in [1.82, 2.24) is 14.9 Å². The number of pyridine rings is 2. The number of hydrogen-bond acceptors (Lipinski definition) is 3. The molecule has 1 fully saturated rings. The zero-order valence-corrected chi connectivity index (χ0v) is 13.5. The van der Waals surface area contributed by atoms with E-state index in [4.69, 9.17) is 0 Å². The highest BCUT2D eigenvalue weighted by Crippen LogP contribution is 2.19. The van der Waals surface area contributed by atoms with Crippen molar-refractivity contribution in [2.75, 3.05) is 0 Å². The molecule has 1 amide bonds. The molecule has 5 nitrogen and oxygen atoms in total. The molecule has 1 saturated carbocycles. The smallest absolute Gasteiger partial charge is 0.260 e. The molecule has 0 radical (unpaired) electrons. The minimum atomic E-state index is -0.464. The van der Waals surface area contributed by atoms with Crippen LogP contribution in [0.4, 0.5) is 0 Å².